The largest absolute Gasteiger partial charge is 0.347 e. The zero-order chi connectivity index (χ0) is 17.8. The standard InChI is InChI=1S/C19H27N3O2/c1-17(2,3)11-10-12-14(11)13-8-9-19(12,18(4,5)6)22-16(24)20(7)15(23)21(13)22/h8-10,12-14H,1-7H3/t12-,13-,14+,19-/m0/s1. The van der Waals surface area contributed by atoms with Crippen LogP contribution in [0.15, 0.2) is 33.4 Å². The van der Waals surface area contributed by atoms with Gasteiger partial charge in [-0.05, 0) is 10.8 Å². The van der Waals surface area contributed by atoms with E-state index in [9.17, 15) is 9.59 Å². The third-order valence-electron chi connectivity index (χ3n) is 6.40. The van der Waals surface area contributed by atoms with Crippen LogP contribution in [-0.2, 0) is 12.6 Å². The Hall–Kier alpha value is -1.78. The van der Waals surface area contributed by atoms with Crippen molar-refractivity contribution >= 4 is 0 Å². The van der Waals surface area contributed by atoms with Gasteiger partial charge in [-0.25, -0.2) is 23.5 Å². The van der Waals surface area contributed by atoms with Gasteiger partial charge >= 0.3 is 11.4 Å². The molecule has 2 aliphatic carbocycles. The molecule has 2 bridgehead atoms. The van der Waals surface area contributed by atoms with Crippen LogP contribution in [0, 0.1) is 22.7 Å². The molecule has 5 heteroatoms. The Kier molecular flexibility index (Phi) is 2.66. The monoisotopic (exact) mass is 329 g/mol. The summed E-state index contributed by atoms with van der Waals surface area (Å²) in [6.45, 7) is 13.2. The molecule has 0 fully saturated rings. The van der Waals surface area contributed by atoms with Crippen LogP contribution >= 0.6 is 0 Å². The molecule has 1 aromatic rings. The molecule has 4 aliphatic rings. The van der Waals surface area contributed by atoms with Gasteiger partial charge in [0.1, 0.15) is 0 Å². The van der Waals surface area contributed by atoms with Crippen molar-refractivity contribution in [1.29, 1.82) is 0 Å². The molecular formula is C19H27N3O2. The average Bonchev–Trinajstić information content (AvgIpc) is 2.62. The van der Waals surface area contributed by atoms with E-state index in [0.29, 0.717) is 5.92 Å². The summed E-state index contributed by atoms with van der Waals surface area (Å²) in [4.78, 5) is 25.7. The van der Waals surface area contributed by atoms with E-state index in [0.717, 1.165) is 0 Å². The maximum absolute atomic E-state index is 12.9. The molecule has 2 aliphatic heterocycles. The molecule has 1 aromatic heterocycles. The SMILES string of the molecule is Cn1c(=O)n2n(c1=O)[C@@]1(C(C)(C)C)C=C[C@H]2[C@@H]2C(C(C)(C)C)=C[C@@H]21. The lowest BCUT2D eigenvalue weighted by atomic mass is 9.48. The average molecular weight is 329 g/mol. The van der Waals surface area contributed by atoms with Gasteiger partial charge in [0.15, 0.2) is 0 Å². The van der Waals surface area contributed by atoms with Crippen molar-refractivity contribution in [3.8, 4) is 0 Å². The van der Waals surface area contributed by atoms with Crippen LogP contribution in [0.2, 0.25) is 0 Å². The highest BCUT2D eigenvalue weighted by molar-refractivity contribution is 5.41. The Bertz CT molecular complexity index is 910. The quantitative estimate of drug-likeness (QED) is 0.687. The molecule has 0 aromatic carbocycles. The van der Waals surface area contributed by atoms with Crippen LogP contribution in [0.5, 0.6) is 0 Å². The summed E-state index contributed by atoms with van der Waals surface area (Å²) >= 11 is 0. The lowest BCUT2D eigenvalue weighted by molar-refractivity contribution is -0.0385. The van der Waals surface area contributed by atoms with E-state index in [1.165, 1.54) is 10.1 Å². The molecule has 3 heterocycles. The second-order valence-corrected chi connectivity index (χ2v) is 9.63. The second-order valence-electron chi connectivity index (χ2n) is 9.63. The number of allylic oxidation sites excluding steroid dienone is 4. The van der Waals surface area contributed by atoms with Gasteiger partial charge in [-0.3, -0.25) is 0 Å². The van der Waals surface area contributed by atoms with Gasteiger partial charge < -0.3 is 0 Å². The van der Waals surface area contributed by atoms with Crippen molar-refractivity contribution in [1.82, 2.24) is 13.9 Å². The van der Waals surface area contributed by atoms with Crippen molar-refractivity contribution in [2.75, 3.05) is 0 Å². The Labute approximate surface area is 142 Å². The fraction of sp³-hybridized carbons (Fsp3) is 0.684. The Balaban J connectivity index is 2.08. The minimum absolute atomic E-state index is 0.0557. The zero-order valence-corrected chi connectivity index (χ0v) is 15.6. The molecule has 130 valence electrons. The molecule has 0 saturated carbocycles. The Morgan fingerprint density at radius 2 is 1.67 bits per heavy atom. The molecule has 0 amide bonds. The van der Waals surface area contributed by atoms with Crippen molar-refractivity contribution in [2.45, 2.75) is 53.1 Å². The molecule has 5 nitrogen and oxygen atoms in total. The van der Waals surface area contributed by atoms with Crippen molar-refractivity contribution in [2.24, 2.45) is 29.7 Å². The van der Waals surface area contributed by atoms with Crippen LogP contribution in [0.1, 0.15) is 47.6 Å². The van der Waals surface area contributed by atoms with Gasteiger partial charge in [-0.1, -0.05) is 65.3 Å². The molecule has 24 heavy (non-hydrogen) atoms. The first-order valence-electron chi connectivity index (χ1n) is 8.75. The summed E-state index contributed by atoms with van der Waals surface area (Å²) in [6, 6.07) is -0.0557. The first-order valence-corrected chi connectivity index (χ1v) is 8.75. The zero-order valence-electron chi connectivity index (χ0n) is 15.6. The van der Waals surface area contributed by atoms with Crippen molar-refractivity contribution in [3.05, 3.63) is 44.8 Å². The van der Waals surface area contributed by atoms with E-state index in [-0.39, 0.29) is 34.2 Å². The predicted octanol–water partition coefficient (Wildman–Crippen LogP) is 2.43. The van der Waals surface area contributed by atoms with Gasteiger partial charge in [0.05, 0.1) is 11.6 Å². The second kappa shape index (κ2) is 4.06. The molecule has 4 atom stereocenters. The fourth-order valence-corrected chi connectivity index (χ4v) is 5.17. The van der Waals surface area contributed by atoms with Crippen molar-refractivity contribution in [3.63, 3.8) is 0 Å². The molecule has 0 spiro atoms. The molecule has 0 N–H and O–H groups in total. The van der Waals surface area contributed by atoms with E-state index in [2.05, 4.69) is 59.8 Å². The summed E-state index contributed by atoms with van der Waals surface area (Å²) in [5.74, 6) is 0.565. The fourth-order valence-electron chi connectivity index (χ4n) is 5.17. The van der Waals surface area contributed by atoms with Gasteiger partial charge in [0.2, 0.25) is 0 Å². The molecule has 5 rings (SSSR count). The summed E-state index contributed by atoms with van der Waals surface area (Å²) < 4.78 is 4.71. The minimum atomic E-state index is -0.487. The van der Waals surface area contributed by atoms with Gasteiger partial charge in [-0.15, -0.1) is 0 Å². The van der Waals surface area contributed by atoms with Crippen LogP contribution in [-0.4, -0.2) is 13.9 Å². The predicted molar refractivity (Wildman–Crippen MR) is 94.1 cm³/mol. The first kappa shape index (κ1) is 15.7. The maximum Gasteiger partial charge on any atom is 0.347 e. The molecular weight excluding hydrogens is 302 g/mol. The van der Waals surface area contributed by atoms with E-state index >= 15 is 0 Å². The van der Waals surface area contributed by atoms with E-state index in [4.69, 9.17) is 0 Å². The van der Waals surface area contributed by atoms with E-state index < -0.39 is 5.54 Å². The highest BCUT2D eigenvalue weighted by atomic mass is 16.2. The highest BCUT2D eigenvalue weighted by Crippen LogP contribution is 2.64. The van der Waals surface area contributed by atoms with Gasteiger partial charge in [-0.2, -0.15) is 0 Å². The third kappa shape index (κ3) is 1.47. The smallest absolute Gasteiger partial charge is 0.246 e. The number of aromatic nitrogens is 3. The summed E-state index contributed by atoms with van der Waals surface area (Å²) in [5.41, 5.74) is 0.400. The van der Waals surface area contributed by atoms with E-state index in [1.54, 1.807) is 16.4 Å². The Morgan fingerprint density at radius 3 is 2.21 bits per heavy atom. The van der Waals surface area contributed by atoms with Crippen molar-refractivity contribution < 1.29 is 0 Å². The van der Waals surface area contributed by atoms with Crippen LogP contribution in [0.25, 0.3) is 0 Å². The molecule has 0 unspecified atom stereocenters. The lowest BCUT2D eigenvalue weighted by Crippen LogP contribution is -2.67. The molecule has 0 radical (unpaired) electrons. The first-order chi connectivity index (χ1) is 10.9. The van der Waals surface area contributed by atoms with Crippen LogP contribution < -0.4 is 11.4 Å². The van der Waals surface area contributed by atoms with Gasteiger partial charge in [0.25, 0.3) is 0 Å². The van der Waals surface area contributed by atoms with Crippen LogP contribution in [0.3, 0.4) is 0 Å². The maximum atomic E-state index is 12.9. The highest BCUT2D eigenvalue weighted by Gasteiger charge is 2.64. The minimum Gasteiger partial charge on any atom is -0.246 e. The Morgan fingerprint density at radius 1 is 1.04 bits per heavy atom. The topological polar surface area (TPSA) is 48.9 Å². The summed E-state index contributed by atoms with van der Waals surface area (Å²) in [7, 11) is 1.58. The third-order valence-corrected chi connectivity index (χ3v) is 6.40. The van der Waals surface area contributed by atoms with Gasteiger partial charge in [0, 0.05) is 18.9 Å². The summed E-state index contributed by atoms with van der Waals surface area (Å²) in [6.07, 6.45) is 6.71. The number of nitrogens with zero attached hydrogens (tertiary/aromatic N) is 3. The number of hydrogen-bond acceptors (Lipinski definition) is 2. The van der Waals surface area contributed by atoms with E-state index in [1.807, 2.05) is 0 Å². The lowest BCUT2D eigenvalue weighted by Gasteiger charge is -2.63. The normalized spacial score (nSPS) is 33.8. The van der Waals surface area contributed by atoms with Crippen LogP contribution in [0.4, 0.5) is 0 Å². The number of rotatable bonds is 0. The summed E-state index contributed by atoms with van der Waals surface area (Å²) in [5, 5.41) is 0. The number of hydrogen-bond donors (Lipinski definition) is 0. The molecule has 0 saturated heterocycles.